The molecule has 7 nitrogen and oxygen atoms in total. The maximum absolute atomic E-state index is 13.6. The average Bonchev–Trinajstić information content (AvgIpc) is 3.44. The van der Waals surface area contributed by atoms with Gasteiger partial charge in [-0.1, -0.05) is 44.5 Å². The Bertz CT molecular complexity index is 1210. The van der Waals surface area contributed by atoms with Gasteiger partial charge < -0.3 is 10.2 Å². The molecule has 1 aliphatic heterocycles. The monoisotopic (exact) mass is 525 g/mol. The number of aromatic nitrogens is 2. The molecule has 3 heterocycles. The van der Waals surface area contributed by atoms with Crippen LogP contribution in [0.4, 0.5) is 5.82 Å². The highest BCUT2D eigenvalue weighted by atomic mass is 32.2. The zero-order chi connectivity index (χ0) is 26.0. The van der Waals surface area contributed by atoms with Gasteiger partial charge in [0.2, 0.25) is 11.8 Å². The van der Waals surface area contributed by atoms with Gasteiger partial charge in [0.1, 0.15) is 12.4 Å². The SMILES string of the molecule is Cc1ccc(-n2nc(C(C)(C)C)c3c2N(CC(=O)NCCN(C)C)C(=O)CS[C@H]3c2cccs2)cc1. The highest BCUT2D eigenvalue weighted by molar-refractivity contribution is 8.00. The Kier molecular flexibility index (Phi) is 7.92. The molecule has 1 aromatic carbocycles. The minimum absolute atomic E-state index is 0.0424. The van der Waals surface area contributed by atoms with E-state index in [1.54, 1.807) is 28.0 Å². The first-order valence-electron chi connectivity index (χ1n) is 12.1. The van der Waals surface area contributed by atoms with Crippen molar-refractivity contribution in [3.8, 4) is 5.69 Å². The van der Waals surface area contributed by atoms with E-state index in [9.17, 15) is 9.59 Å². The van der Waals surface area contributed by atoms with Crippen molar-refractivity contribution in [1.29, 1.82) is 0 Å². The molecule has 0 spiro atoms. The normalized spacial score (nSPS) is 16.2. The Morgan fingerprint density at radius 3 is 2.53 bits per heavy atom. The van der Waals surface area contributed by atoms with Crippen LogP contribution in [-0.4, -0.2) is 66.0 Å². The molecular formula is C27H35N5O2S2. The van der Waals surface area contributed by atoms with E-state index >= 15 is 0 Å². The molecule has 4 rings (SSSR count). The predicted octanol–water partition coefficient (Wildman–Crippen LogP) is 4.39. The van der Waals surface area contributed by atoms with Crippen LogP contribution in [-0.2, 0) is 15.0 Å². The van der Waals surface area contributed by atoms with E-state index in [0.29, 0.717) is 18.1 Å². The highest BCUT2D eigenvalue weighted by Gasteiger charge is 2.40. The average molecular weight is 526 g/mol. The maximum atomic E-state index is 13.6. The van der Waals surface area contributed by atoms with E-state index < -0.39 is 0 Å². The molecule has 192 valence electrons. The molecule has 2 amide bonds. The number of nitrogens with one attached hydrogen (secondary N) is 1. The molecule has 0 unspecified atom stereocenters. The molecule has 1 atom stereocenters. The second-order valence-corrected chi connectivity index (χ2v) is 12.5. The van der Waals surface area contributed by atoms with Gasteiger partial charge in [-0.05, 0) is 44.6 Å². The van der Waals surface area contributed by atoms with Crippen molar-refractivity contribution in [2.45, 2.75) is 38.4 Å². The summed E-state index contributed by atoms with van der Waals surface area (Å²) in [4.78, 5) is 31.4. The Morgan fingerprint density at radius 1 is 1.19 bits per heavy atom. The summed E-state index contributed by atoms with van der Waals surface area (Å²) in [5.74, 6) is 0.723. The van der Waals surface area contributed by atoms with Crippen molar-refractivity contribution in [1.82, 2.24) is 20.0 Å². The molecular weight excluding hydrogens is 490 g/mol. The second-order valence-electron chi connectivity index (χ2n) is 10.4. The first-order valence-corrected chi connectivity index (χ1v) is 14.1. The number of hydrogen-bond acceptors (Lipinski definition) is 6. The number of anilines is 1. The minimum Gasteiger partial charge on any atom is -0.353 e. The smallest absolute Gasteiger partial charge is 0.240 e. The zero-order valence-corrected chi connectivity index (χ0v) is 23.5. The molecule has 0 saturated heterocycles. The summed E-state index contributed by atoms with van der Waals surface area (Å²) in [7, 11) is 3.93. The fourth-order valence-corrected chi connectivity index (χ4v) is 6.40. The summed E-state index contributed by atoms with van der Waals surface area (Å²) >= 11 is 3.30. The largest absolute Gasteiger partial charge is 0.353 e. The molecule has 0 aliphatic carbocycles. The summed E-state index contributed by atoms with van der Waals surface area (Å²) in [6.45, 7) is 9.71. The number of nitrogens with zero attached hydrogens (tertiary/aromatic N) is 4. The Morgan fingerprint density at radius 2 is 1.92 bits per heavy atom. The van der Waals surface area contributed by atoms with Gasteiger partial charge in [-0.25, -0.2) is 4.68 Å². The van der Waals surface area contributed by atoms with Crippen LogP contribution in [0.15, 0.2) is 41.8 Å². The number of hydrogen-bond donors (Lipinski definition) is 1. The summed E-state index contributed by atoms with van der Waals surface area (Å²) in [6.07, 6.45) is 0. The van der Waals surface area contributed by atoms with Crippen LogP contribution in [0.1, 0.15) is 47.7 Å². The predicted molar refractivity (Wildman–Crippen MR) is 150 cm³/mol. The molecule has 36 heavy (non-hydrogen) atoms. The van der Waals surface area contributed by atoms with E-state index in [1.807, 2.05) is 60.9 Å². The summed E-state index contributed by atoms with van der Waals surface area (Å²) in [5.41, 5.74) is 3.71. The van der Waals surface area contributed by atoms with Crippen LogP contribution >= 0.6 is 23.1 Å². The van der Waals surface area contributed by atoms with Crippen LogP contribution in [0.5, 0.6) is 0 Å². The van der Waals surface area contributed by atoms with E-state index in [2.05, 4.69) is 37.5 Å². The van der Waals surface area contributed by atoms with Crippen LogP contribution in [0.25, 0.3) is 5.69 Å². The zero-order valence-electron chi connectivity index (χ0n) is 21.9. The topological polar surface area (TPSA) is 70.5 Å². The van der Waals surface area contributed by atoms with Crippen molar-refractivity contribution in [2.75, 3.05) is 44.4 Å². The summed E-state index contributed by atoms with van der Waals surface area (Å²) in [5, 5.41) is 10.1. The minimum atomic E-state index is -0.261. The van der Waals surface area contributed by atoms with Crippen molar-refractivity contribution in [3.63, 3.8) is 0 Å². The number of carbonyl (C=O) groups excluding carboxylic acids is 2. The first kappa shape index (κ1) is 26.4. The molecule has 9 heteroatoms. The van der Waals surface area contributed by atoms with Gasteiger partial charge in [0.05, 0.1) is 22.4 Å². The Labute approximate surface area is 221 Å². The number of fused-ring (bicyclic) bond motifs is 1. The van der Waals surface area contributed by atoms with Gasteiger partial charge in [0, 0.05) is 28.9 Å². The second kappa shape index (κ2) is 10.8. The van der Waals surface area contributed by atoms with Gasteiger partial charge >= 0.3 is 0 Å². The highest BCUT2D eigenvalue weighted by Crippen LogP contribution is 2.49. The van der Waals surface area contributed by atoms with Gasteiger partial charge in [0.25, 0.3) is 0 Å². The van der Waals surface area contributed by atoms with Gasteiger partial charge in [-0.2, -0.15) is 5.10 Å². The third-order valence-electron chi connectivity index (χ3n) is 6.06. The van der Waals surface area contributed by atoms with Gasteiger partial charge in [-0.15, -0.1) is 23.1 Å². The molecule has 2 aromatic heterocycles. The number of thiophene rings is 1. The number of rotatable bonds is 7. The molecule has 0 saturated carbocycles. The third-order valence-corrected chi connectivity index (χ3v) is 8.39. The van der Waals surface area contributed by atoms with Gasteiger partial charge in [0.15, 0.2) is 0 Å². The molecule has 0 fully saturated rings. The molecule has 3 aromatic rings. The fourth-order valence-electron chi connectivity index (χ4n) is 4.22. The lowest BCUT2D eigenvalue weighted by atomic mass is 9.88. The van der Waals surface area contributed by atoms with Gasteiger partial charge in [-0.3, -0.25) is 14.5 Å². The van der Waals surface area contributed by atoms with Crippen LogP contribution < -0.4 is 10.2 Å². The van der Waals surface area contributed by atoms with Crippen molar-refractivity contribution in [2.24, 2.45) is 0 Å². The quantitative estimate of drug-likeness (QED) is 0.496. The maximum Gasteiger partial charge on any atom is 0.240 e. The first-order chi connectivity index (χ1) is 17.1. The standard InChI is InChI=1S/C27H35N5O2S2/c1-18-9-11-19(12-10-18)32-26-23(25(29-32)27(2,3)4)24(20-8-7-15-35-20)36-17-22(34)31(26)16-21(33)28-13-14-30(5)6/h7-12,15,24H,13-14,16-17H2,1-6H3,(H,28,33)/t24-/m0/s1. The molecule has 1 N–H and O–H groups in total. The van der Waals surface area contributed by atoms with Crippen LogP contribution in [0.2, 0.25) is 0 Å². The Balaban J connectivity index is 1.88. The van der Waals surface area contributed by atoms with Crippen molar-refractivity contribution >= 4 is 40.7 Å². The summed E-state index contributed by atoms with van der Waals surface area (Å²) < 4.78 is 1.87. The van der Waals surface area contributed by atoms with Crippen LogP contribution in [0, 0.1) is 6.92 Å². The number of amides is 2. The van der Waals surface area contributed by atoms with E-state index in [1.165, 1.54) is 4.88 Å². The van der Waals surface area contributed by atoms with Crippen LogP contribution in [0.3, 0.4) is 0 Å². The summed E-state index contributed by atoms with van der Waals surface area (Å²) in [6, 6.07) is 12.3. The third kappa shape index (κ3) is 5.68. The van der Waals surface area contributed by atoms with Crippen molar-refractivity contribution < 1.29 is 9.59 Å². The number of carbonyl (C=O) groups is 2. The lowest BCUT2D eigenvalue weighted by Crippen LogP contribution is -2.43. The lowest BCUT2D eigenvalue weighted by Gasteiger charge is -2.24. The molecule has 0 bridgehead atoms. The number of aryl methyl sites for hydroxylation is 1. The van der Waals surface area contributed by atoms with E-state index in [4.69, 9.17) is 5.10 Å². The van der Waals surface area contributed by atoms with E-state index in [-0.39, 0.29) is 29.0 Å². The lowest BCUT2D eigenvalue weighted by molar-refractivity contribution is -0.122. The van der Waals surface area contributed by atoms with Crippen molar-refractivity contribution in [3.05, 3.63) is 63.5 Å². The Hall–Kier alpha value is -2.62. The number of benzene rings is 1. The van der Waals surface area contributed by atoms with E-state index in [0.717, 1.165) is 29.1 Å². The number of thioether (sulfide) groups is 1. The number of likely N-dealkylation sites (N-methyl/N-ethyl adjacent to an activating group) is 1. The fraction of sp³-hybridized carbons (Fsp3) is 0.444. The molecule has 0 radical (unpaired) electrons. The molecule has 1 aliphatic rings.